The standard InChI is InChI=1S/C26H32N2O5/c1-4-26(5-2,24(30)31)16-28-23(29)17(3)14-27-25(32)33-15-22-20-12-8-6-10-18(20)19-11-7-9-13-21(19)22/h6-13,17,22H,4-5,14-16H2,1-3H3,(H,27,32)(H,28,29)(H,30,31). The van der Waals surface area contributed by atoms with Gasteiger partial charge in [0.15, 0.2) is 0 Å². The van der Waals surface area contributed by atoms with Crippen molar-refractivity contribution in [1.82, 2.24) is 10.6 Å². The van der Waals surface area contributed by atoms with Crippen LogP contribution in [0.2, 0.25) is 0 Å². The van der Waals surface area contributed by atoms with Gasteiger partial charge in [0.1, 0.15) is 6.61 Å². The van der Waals surface area contributed by atoms with Crippen molar-refractivity contribution < 1.29 is 24.2 Å². The van der Waals surface area contributed by atoms with Crippen LogP contribution in [0, 0.1) is 11.3 Å². The molecular weight excluding hydrogens is 420 g/mol. The molecule has 7 nitrogen and oxygen atoms in total. The zero-order valence-corrected chi connectivity index (χ0v) is 19.4. The summed E-state index contributed by atoms with van der Waals surface area (Å²) in [4.78, 5) is 36.3. The van der Waals surface area contributed by atoms with Crippen LogP contribution in [0.25, 0.3) is 11.1 Å². The molecule has 1 unspecified atom stereocenters. The molecule has 0 aromatic heterocycles. The lowest BCUT2D eigenvalue weighted by Crippen LogP contribution is -2.45. The average molecular weight is 453 g/mol. The van der Waals surface area contributed by atoms with Gasteiger partial charge in [0.25, 0.3) is 0 Å². The highest BCUT2D eigenvalue weighted by molar-refractivity contribution is 5.81. The third-order valence-corrected chi connectivity index (χ3v) is 6.75. The van der Waals surface area contributed by atoms with E-state index in [0.717, 1.165) is 22.3 Å². The van der Waals surface area contributed by atoms with Gasteiger partial charge in [0.2, 0.25) is 5.91 Å². The number of carbonyl (C=O) groups is 3. The van der Waals surface area contributed by atoms with E-state index in [4.69, 9.17) is 4.74 Å². The van der Waals surface area contributed by atoms with E-state index in [-0.39, 0.29) is 31.5 Å². The molecule has 0 radical (unpaired) electrons. The molecule has 1 aliphatic rings. The Morgan fingerprint density at radius 2 is 1.52 bits per heavy atom. The Balaban J connectivity index is 1.50. The molecule has 2 aromatic rings. The number of ether oxygens (including phenoxy) is 1. The molecule has 0 saturated carbocycles. The maximum Gasteiger partial charge on any atom is 0.407 e. The van der Waals surface area contributed by atoms with Gasteiger partial charge in [0, 0.05) is 19.0 Å². The number of rotatable bonds is 10. The molecule has 0 fully saturated rings. The minimum Gasteiger partial charge on any atom is -0.481 e. The number of aliphatic carboxylic acids is 1. The monoisotopic (exact) mass is 452 g/mol. The molecule has 7 heteroatoms. The quantitative estimate of drug-likeness (QED) is 0.502. The van der Waals surface area contributed by atoms with E-state index < -0.39 is 23.4 Å². The molecular formula is C26H32N2O5. The molecule has 0 heterocycles. The molecule has 0 spiro atoms. The summed E-state index contributed by atoms with van der Waals surface area (Å²) in [7, 11) is 0. The van der Waals surface area contributed by atoms with E-state index in [9.17, 15) is 19.5 Å². The first kappa shape index (κ1) is 24.3. The van der Waals surface area contributed by atoms with Gasteiger partial charge in [-0.25, -0.2) is 4.79 Å². The number of fused-ring (bicyclic) bond motifs is 3. The summed E-state index contributed by atoms with van der Waals surface area (Å²) in [6, 6.07) is 16.2. The van der Waals surface area contributed by atoms with Crippen LogP contribution in [0.5, 0.6) is 0 Å². The van der Waals surface area contributed by atoms with E-state index in [1.165, 1.54) is 0 Å². The van der Waals surface area contributed by atoms with Crippen molar-refractivity contribution in [2.45, 2.75) is 39.5 Å². The molecule has 2 aromatic carbocycles. The average Bonchev–Trinajstić information content (AvgIpc) is 3.15. The first-order valence-electron chi connectivity index (χ1n) is 11.4. The predicted octanol–water partition coefficient (Wildman–Crippen LogP) is 4.17. The minimum absolute atomic E-state index is 0.0314. The number of carboxylic acid groups (broad SMARTS) is 1. The van der Waals surface area contributed by atoms with E-state index in [1.807, 2.05) is 24.3 Å². The van der Waals surface area contributed by atoms with Crippen molar-refractivity contribution >= 4 is 18.0 Å². The van der Waals surface area contributed by atoms with Gasteiger partial charge in [-0.3, -0.25) is 9.59 Å². The highest BCUT2D eigenvalue weighted by Gasteiger charge is 2.35. The maximum atomic E-state index is 12.4. The van der Waals surface area contributed by atoms with Crippen molar-refractivity contribution in [3.05, 3.63) is 59.7 Å². The Bertz CT molecular complexity index is 970. The molecule has 0 aliphatic heterocycles. The lowest BCUT2D eigenvalue weighted by Gasteiger charge is -2.27. The highest BCUT2D eigenvalue weighted by atomic mass is 16.5. The largest absolute Gasteiger partial charge is 0.481 e. The van der Waals surface area contributed by atoms with Crippen molar-refractivity contribution in [3.8, 4) is 11.1 Å². The molecule has 33 heavy (non-hydrogen) atoms. The smallest absolute Gasteiger partial charge is 0.407 e. The van der Waals surface area contributed by atoms with Crippen LogP contribution in [0.4, 0.5) is 4.79 Å². The number of amides is 2. The van der Waals surface area contributed by atoms with Gasteiger partial charge in [0.05, 0.1) is 11.3 Å². The van der Waals surface area contributed by atoms with Crippen LogP contribution < -0.4 is 10.6 Å². The van der Waals surface area contributed by atoms with Gasteiger partial charge in [-0.2, -0.15) is 0 Å². The Morgan fingerprint density at radius 3 is 2.03 bits per heavy atom. The molecule has 0 bridgehead atoms. The van der Waals surface area contributed by atoms with Crippen LogP contribution in [0.3, 0.4) is 0 Å². The van der Waals surface area contributed by atoms with Gasteiger partial charge in [-0.05, 0) is 35.1 Å². The second kappa shape index (κ2) is 10.5. The third-order valence-electron chi connectivity index (χ3n) is 6.75. The molecule has 2 amide bonds. The van der Waals surface area contributed by atoms with Crippen molar-refractivity contribution in [2.24, 2.45) is 11.3 Å². The van der Waals surface area contributed by atoms with Gasteiger partial charge in [-0.1, -0.05) is 69.3 Å². The number of benzene rings is 2. The van der Waals surface area contributed by atoms with Crippen LogP contribution in [-0.2, 0) is 14.3 Å². The number of hydrogen-bond donors (Lipinski definition) is 3. The topological polar surface area (TPSA) is 105 Å². The summed E-state index contributed by atoms with van der Waals surface area (Å²) in [5.74, 6) is -1.78. The van der Waals surface area contributed by atoms with Gasteiger partial charge in [-0.15, -0.1) is 0 Å². The fourth-order valence-corrected chi connectivity index (χ4v) is 4.29. The Kier molecular flexibility index (Phi) is 7.74. The van der Waals surface area contributed by atoms with E-state index >= 15 is 0 Å². The molecule has 0 saturated heterocycles. The number of nitrogens with one attached hydrogen (secondary N) is 2. The zero-order chi connectivity index (χ0) is 24.0. The first-order valence-corrected chi connectivity index (χ1v) is 11.4. The second-order valence-electron chi connectivity index (χ2n) is 8.62. The molecule has 3 N–H and O–H groups in total. The summed E-state index contributed by atoms with van der Waals surface area (Å²) < 4.78 is 5.49. The molecule has 3 rings (SSSR count). The predicted molar refractivity (Wildman–Crippen MR) is 126 cm³/mol. The summed E-state index contributed by atoms with van der Waals surface area (Å²) in [5, 5.41) is 14.9. The second-order valence-corrected chi connectivity index (χ2v) is 8.62. The third kappa shape index (κ3) is 5.18. The number of carboxylic acids is 1. The highest BCUT2D eigenvalue weighted by Crippen LogP contribution is 2.44. The van der Waals surface area contributed by atoms with Crippen LogP contribution in [-0.4, -0.2) is 42.8 Å². The van der Waals surface area contributed by atoms with E-state index in [2.05, 4.69) is 34.9 Å². The lowest BCUT2D eigenvalue weighted by atomic mass is 9.82. The number of hydrogen-bond acceptors (Lipinski definition) is 4. The lowest BCUT2D eigenvalue weighted by molar-refractivity contribution is -0.149. The van der Waals surface area contributed by atoms with Crippen molar-refractivity contribution in [1.29, 1.82) is 0 Å². The fraction of sp³-hybridized carbons (Fsp3) is 0.423. The van der Waals surface area contributed by atoms with Crippen LogP contribution >= 0.6 is 0 Å². The normalized spacial score (nSPS) is 13.5. The Hall–Kier alpha value is -3.35. The Labute approximate surface area is 194 Å². The van der Waals surface area contributed by atoms with Crippen molar-refractivity contribution in [2.75, 3.05) is 19.7 Å². The minimum atomic E-state index is -0.977. The summed E-state index contributed by atoms with van der Waals surface area (Å²) in [6.07, 6.45) is 0.260. The van der Waals surface area contributed by atoms with E-state index in [1.54, 1.807) is 20.8 Å². The molecule has 1 atom stereocenters. The van der Waals surface area contributed by atoms with Crippen molar-refractivity contribution in [3.63, 3.8) is 0 Å². The zero-order valence-electron chi connectivity index (χ0n) is 19.4. The van der Waals surface area contributed by atoms with Gasteiger partial charge < -0.3 is 20.5 Å². The van der Waals surface area contributed by atoms with Crippen LogP contribution in [0.15, 0.2) is 48.5 Å². The first-order chi connectivity index (χ1) is 15.8. The van der Waals surface area contributed by atoms with Crippen LogP contribution in [0.1, 0.15) is 50.7 Å². The summed E-state index contributed by atoms with van der Waals surface area (Å²) in [5.41, 5.74) is 3.60. The summed E-state index contributed by atoms with van der Waals surface area (Å²) >= 11 is 0. The summed E-state index contributed by atoms with van der Waals surface area (Å²) in [6.45, 7) is 5.63. The Morgan fingerprint density at radius 1 is 0.970 bits per heavy atom. The van der Waals surface area contributed by atoms with Gasteiger partial charge >= 0.3 is 12.1 Å². The molecule has 176 valence electrons. The maximum absolute atomic E-state index is 12.4. The number of carbonyl (C=O) groups excluding carboxylic acids is 2. The molecule has 1 aliphatic carbocycles. The fourth-order valence-electron chi connectivity index (χ4n) is 4.29. The SMILES string of the molecule is CCC(CC)(CNC(=O)C(C)CNC(=O)OCC1c2ccccc2-c2ccccc21)C(=O)O. The van der Waals surface area contributed by atoms with E-state index in [0.29, 0.717) is 12.8 Å². The number of alkyl carbamates (subject to hydrolysis) is 1.